The molecular weight excluding hydrogens is 558 g/mol. The maximum Gasteiger partial charge on any atom is 0.406 e. The molecule has 10 heteroatoms. The Bertz CT molecular complexity index is 1110. The highest BCUT2D eigenvalue weighted by Gasteiger charge is 2.23. The van der Waals surface area contributed by atoms with Crippen molar-refractivity contribution >= 4 is 23.6 Å². The highest BCUT2D eigenvalue weighted by Crippen LogP contribution is 2.32. The number of carbonyl (C=O) groups is 2. The molecule has 1 saturated carbocycles. The van der Waals surface area contributed by atoms with Gasteiger partial charge in [-0.25, -0.2) is 4.79 Å². The average Bonchev–Trinajstić information content (AvgIpc) is 2.99. The number of halogens is 1. The van der Waals surface area contributed by atoms with E-state index < -0.39 is 12.2 Å². The van der Waals surface area contributed by atoms with Gasteiger partial charge in [-0.05, 0) is 60.8 Å². The smallest absolute Gasteiger partial charge is 0.406 e. The highest BCUT2D eigenvalue weighted by atomic mass is 35.5. The monoisotopic (exact) mass is 603 g/mol. The second kappa shape index (κ2) is 18.6. The number of alkyl carbamates (subject to hydrolysis) is 1. The molecule has 2 aromatic carbocycles. The molecule has 2 atom stereocenters. The predicted octanol–water partition coefficient (Wildman–Crippen LogP) is 5.51. The number of ether oxygens (including phenoxy) is 4. The Morgan fingerprint density at radius 1 is 1.00 bits per heavy atom. The summed E-state index contributed by atoms with van der Waals surface area (Å²) in [6.45, 7) is 2.16. The Balaban J connectivity index is 1.88. The van der Waals surface area contributed by atoms with Gasteiger partial charge in [0.25, 0.3) is 5.91 Å². The number of amides is 2. The van der Waals surface area contributed by atoms with Gasteiger partial charge in [0.1, 0.15) is 11.9 Å². The van der Waals surface area contributed by atoms with Gasteiger partial charge in [0.15, 0.2) is 0 Å². The van der Waals surface area contributed by atoms with Crippen LogP contribution < -0.4 is 20.7 Å². The van der Waals surface area contributed by atoms with Crippen molar-refractivity contribution in [2.75, 3.05) is 54.2 Å². The van der Waals surface area contributed by atoms with E-state index in [1.54, 1.807) is 19.2 Å². The summed E-state index contributed by atoms with van der Waals surface area (Å²) < 4.78 is 22.2. The Kier molecular flexibility index (Phi) is 14.9. The first-order valence-corrected chi connectivity index (χ1v) is 15.2. The quantitative estimate of drug-likeness (QED) is 0.205. The lowest BCUT2D eigenvalue weighted by atomic mass is 9.84. The minimum absolute atomic E-state index is 0.0182. The number of carbonyl (C=O) groups excluding carboxylic acids is 2. The molecule has 2 aromatic rings. The summed E-state index contributed by atoms with van der Waals surface area (Å²) >= 11 is 6.34. The standard InChI is InChI=1S/C32H46ClN3O6/c1-34-22-28(17-23-9-5-4-6-10-23)36-31(37)26-18-25(20-29(21-26)41-15-8-14-39-2)30(24-11-7-12-27(33)19-24)42-16-13-35-32(38)40-3/h7,11-12,18-21,23,28,30,34H,4-6,8-10,13-17,22H2,1-3H3,(H,35,38)(H,36,37)/t28-,30?/m0/s1. The summed E-state index contributed by atoms with van der Waals surface area (Å²) in [6, 6.07) is 12.9. The van der Waals surface area contributed by atoms with Gasteiger partial charge < -0.3 is 34.9 Å². The second-order valence-electron chi connectivity index (χ2n) is 10.7. The van der Waals surface area contributed by atoms with Crippen molar-refractivity contribution in [3.63, 3.8) is 0 Å². The van der Waals surface area contributed by atoms with E-state index in [2.05, 4.69) is 20.7 Å². The lowest BCUT2D eigenvalue weighted by Gasteiger charge is -2.27. The SMILES string of the molecule is CNC[C@H](CC1CCCCC1)NC(=O)c1cc(OCCCOC)cc(C(OCCNC(=O)OC)c2cccc(Cl)c2)c1. The molecule has 0 aromatic heterocycles. The van der Waals surface area contributed by atoms with E-state index in [1.165, 1.54) is 39.2 Å². The summed E-state index contributed by atoms with van der Waals surface area (Å²) in [5, 5.41) is 9.71. The molecule has 0 radical (unpaired) electrons. The van der Waals surface area contributed by atoms with Crippen LogP contribution in [0, 0.1) is 5.92 Å². The Morgan fingerprint density at radius 2 is 1.81 bits per heavy atom. The zero-order chi connectivity index (χ0) is 30.2. The molecule has 0 heterocycles. The Labute approximate surface area is 255 Å². The van der Waals surface area contributed by atoms with E-state index in [0.29, 0.717) is 48.4 Å². The Morgan fingerprint density at radius 3 is 2.52 bits per heavy atom. The molecule has 1 aliphatic rings. The molecule has 2 amide bonds. The van der Waals surface area contributed by atoms with Crippen molar-refractivity contribution in [3.05, 3.63) is 64.2 Å². The first-order valence-electron chi connectivity index (χ1n) is 14.8. The van der Waals surface area contributed by atoms with Gasteiger partial charge in [0, 0.05) is 49.9 Å². The van der Waals surface area contributed by atoms with Crippen LogP contribution in [0.2, 0.25) is 5.02 Å². The van der Waals surface area contributed by atoms with Gasteiger partial charge in [-0.2, -0.15) is 0 Å². The van der Waals surface area contributed by atoms with Crippen LogP contribution in [0.25, 0.3) is 0 Å². The fourth-order valence-electron chi connectivity index (χ4n) is 5.37. The van der Waals surface area contributed by atoms with Crippen LogP contribution in [0.5, 0.6) is 5.75 Å². The molecule has 0 saturated heterocycles. The predicted molar refractivity (Wildman–Crippen MR) is 164 cm³/mol. The average molecular weight is 604 g/mol. The highest BCUT2D eigenvalue weighted by molar-refractivity contribution is 6.30. The van der Waals surface area contributed by atoms with Gasteiger partial charge >= 0.3 is 6.09 Å². The number of nitrogens with one attached hydrogen (secondary N) is 3. The fraction of sp³-hybridized carbons (Fsp3) is 0.562. The minimum atomic E-state index is -0.562. The molecule has 0 aliphatic heterocycles. The number of rotatable bonds is 17. The number of methoxy groups -OCH3 is 2. The molecule has 1 aliphatic carbocycles. The topological polar surface area (TPSA) is 107 Å². The van der Waals surface area contributed by atoms with Crippen LogP contribution in [0.4, 0.5) is 4.79 Å². The van der Waals surface area contributed by atoms with E-state index in [1.807, 2.05) is 37.4 Å². The van der Waals surface area contributed by atoms with E-state index in [4.69, 9.17) is 25.8 Å². The van der Waals surface area contributed by atoms with Gasteiger partial charge in [-0.1, -0.05) is 55.8 Å². The number of benzene rings is 2. The largest absolute Gasteiger partial charge is 0.493 e. The van der Waals surface area contributed by atoms with Crippen LogP contribution in [0.1, 0.15) is 72.5 Å². The van der Waals surface area contributed by atoms with Crippen LogP contribution in [0.15, 0.2) is 42.5 Å². The maximum absolute atomic E-state index is 13.7. The second-order valence-corrected chi connectivity index (χ2v) is 11.1. The van der Waals surface area contributed by atoms with Gasteiger partial charge in [0.2, 0.25) is 0 Å². The summed E-state index contributed by atoms with van der Waals surface area (Å²) in [5.41, 5.74) is 2.04. The third-order valence-corrected chi connectivity index (χ3v) is 7.61. The molecule has 0 spiro atoms. The first kappa shape index (κ1) is 33.6. The lowest BCUT2D eigenvalue weighted by Crippen LogP contribution is -2.42. The van der Waals surface area contributed by atoms with Crippen molar-refractivity contribution in [2.24, 2.45) is 5.92 Å². The summed E-state index contributed by atoms with van der Waals surface area (Å²) in [4.78, 5) is 25.2. The number of hydrogen-bond donors (Lipinski definition) is 3. The van der Waals surface area contributed by atoms with Crippen molar-refractivity contribution in [2.45, 2.75) is 57.1 Å². The van der Waals surface area contributed by atoms with E-state index in [0.717, 1.165) is 17.5 Å². The molecule has 9 nitrogen and oxygen atoms in total. The van der Waals surface area contributed by atoms with Crippen LogP contribution in [-0.2, 0) is 14.2 Å². The summed E-state index contributed by atoms with van der Waals surface area (Å²) in [5.74, 6) is 1.03. The molecule has 1 fully saturated rings. The molecular formula is C32H46ClN3O6. The zero-order valence-corrected chi connectivity index (χ0v) is 25.8. The van der Waals surface area contributed by atoms with E-state index >= 15 is 0 Å². The van der Waals surface area contributed by atoms with Gasteiger partial charge in [-0.3, -0.25) is 4.79 Å². The van der Waals surface area contributed by atoms with Crippen molar-refractivity contribution in [1.29, 1.82) is 0 Å². The maximum atomic E-state index is 13.7. The van der Waals surface area contributed by atoms with Crippen LogP contribution >= 0.6 is 11.6 Å². The number of likely N-dealkylation sites (N-methyl/N-ethyl adjacent to an activating group) is 1. The van der Waals surface area contributed by atoms with Crippen LogP contribution in [0.3, 0.4) is 0 Å². The molecule has 232 valence electrons. The Hall–Kier alpha value is -2.85. The minimum Gasteiger partial charge on any atom is -0.493 e. The van der Waals surface area contributed by atoms with Gasteiger partial charge in [-0.15, -0.1) is 0 Å². The molecule has 3 rings (SSSR count). The third-order valence-electron chi connectivity index (χ3n) is 7.38. The van der Waals surface area contributed by atoms with Crippen LogP contribution in [-0.4, -0.2) is 72.2 Å². The summed E-state index contributed by atoms with van der Waals surface area (Å²) in [7, 11) is 4.88. The van der Waals surface area contributed by atoms with Crippen molar-refractivity contribution in [1.82, 2.24) is 16.0 Å². The van der Waals surface area contributed by atoms with Gasteiger partial charge in [0.05, 0.1) is 20.3 Å². The third kappa shape index (κ3) is 11.4. The molecule has 3 N–H and O–H groups in total. The van der Waals surface area contributed by atoms with Crippen molar-refractivity contribution in [3.8, 4) is 5.75 Å². The lowest BCUT2D eigenvalue weighted by molar-refractivity contribution is 0.0801. The first-order chi connectivity index (χ1) is 20.4. The van der Waals surface area contributed by atoms with E-state index in [9.17, 15) is 9.59 Å². The van der Waals surface area contributed by atoms with E-state index in [-0.39, 0.29) is 25.1 Å². The zero-order valence-electron chi connectivity index (χ0n) is 25.1. The molecule has 42 heavy (non-hydrogen) atoms. The summed E-state index contributed by atoms with van der Waals surface area (Å²) in [6.07, 6.45) is 6.82. The number of hydrogen-bond acceptors (Lipinski definition) is 7. The fourth-order valence-corrected chi connectivity index (χ4v) is 5.57. The normalized spacial score (nSPS) is 15.0. The van der Waals surface area contributed by atoms with Crippen molar-refractivity contribution < 1.29 is 28.5 Å². The molecule has 0 bridgehead atoms. The molecule has 1 unspecified atom stereocenters.